The van der Waals surface area contributed by atoms with Crippen LogP contribution in [0.3, 0.4) is 0 Å². The van der Waals surface area contributed by atoms with E-state index in [1.807, 2.05) is 0 Å². The molecule has 8 heteroatoms. The van der Waals surface area contributed by atoms with Gasteiger partial charge in [0.2, 0.25) is 15.9 Å². The number of amides is 1. The molecule has 1 amide bonds. The number of carbonyl (C=O) groups is 1. The molecule has 0 spiro atoms. The fraction of sp³-hybridized carbons (Fsp3) is 0.682. The quantitative estimate of drug-likeness (QED) is 0.707. The molecule has 2 fully saturated rings. The van der Waals surface area contributed by atoms with Crippen LogP contribution in [-0.4, -0.2) is 57.6 Å². The number of sulfonamides is 1. The average molecular weight is 439 g/mol. The molecular weight excluding hydrogens is 404 g/mol. The van der Waals surface area contributed by atoms with Gasteiger partial charge in [-0.2, -0.15) is 4.31 Å². The van der Waals surface area contributed by atoms with Gasteiger partial charge >= 0.3 is 0 Å². The van der Waals surface area contributed by atoms with Gasteiger partial charge in [-0.25, -0.2) is 8.42 Å². The Morgan fingerprint density at radius 1 is 1.27 bits per heavy atom. The number of ether oxygens (including phenoxy) is 2. The third-order valence-corrected chi connectivity index (χ3v) is 8.01. The van der Waals surface area contributed by atoms with E-state index in [2.05, 4.69) is 26.1 Å². The Balaban J connectivity index is 1.59. The zero-order valence-corrected chi connectivity index (χ0v) is 19.0. The Bertz CT molecular complexity index is 821. The molecule has 30 heavy (non-hydrogen) atoms. The van der Waals surface area contributed by atoms with Gasteiger partial charge in [0.1, 0.15) is 6.61 Å². The number of rotatable bonds is 7. The first-order chi connectivity index (χ1) is 14.3. The van der Waals surface area contributed by atoms with Crippen LogP contribution >= 0.6 is 0 Å². The van der Waals surface area contributed by atoms with E-state index in [-0.39, 0.29) is 23.5 Å². The molecule has 0 aromatic heterocycles. The second-order valence-electron chi connectivity index (χ2n) is 8.77. The second-order valence-corrected chi connectivity index (χ2v) is 10.7. The van der Waals surface area contributed by atoms with E-state index in [1.54, 1.807) is 18.2 Å². The predicted molar refractivity (Wildman–Crippen MR) is 116 cm³/mol. The summed E-state index contributed by atoms with van der Waals surface area (Å²) in [5, 5.41) is 2.78. The summed E-state index contributed by atoms with van der Waals surface area (Å²) in [4.78, 5) is 12.6. The van der Waals surface area contributed by atoms with Crippen LogP contribution < -0.4 is 5.32 Å². The third-order valence-electron chi connectivity index (χ3n) is 6.12. The molecule has 1 saturated heterocycles. The number of nitrogens with zero attached hydrogens (tertiary/aromatic N) is 1. The normalized spacial score (nSPS) is 25.9. The molecule has 168 valence electrons. The first-order valence-corrected chi connectivity index (χ1v) is 12.3. The monoisotopic (exact) mass is 438 g/mol. The number of anilines is 1. The molecule has 3 rings (SSSR count). The maximum atomic E-state index is 12.8. The summed E-state index contributed by atoms with van der Waals surface area (Å²) in [5.41, 5.74) is 0.454. The predicted octanol–water partition coefficient (Wildman–Crippen LogP) is 3.12. The third kappa shape index (κ3) is 5.81. The summed E-state index contributed by atoms with van der Waals surface area (Å²) in [6.45, 7) is 8.07. The lowest BCUT2D eigenvalue weighted by molar-refractivity contribution is -0.126. The van der Waals surface area contributed by atoms with Gasteiger partial charge in [-0.3, -0.25) is 4.79 Å². The highest BCUT2D eigenvalue weighted by atomic mass is 32.2. The lowest BCUT2D eigenvalue weighted by Gasteiger charge is -2.37. The summed E-state index contributed by atoms with van der Waals surface area (Å²) < 4.78 is 38.3. The van der Waals surface area contributed by atoms with Crippen LogP contribution in [0.4, 0.5) is 5.69 Å². The molecule has 2 aliphatic rings. The van der Waals surface area contributed by atoms with Gasteiger partial charge in [0.25, 0.3) is 0 Å². The molecule has 0 unspecified atom stereocenters. The SMILES string of the molecule is CC(C)[C@H]1CC[C@@H](C)C[C@@H]1OCC(=O)Nc1cccc(S(=O)(=O)N2CCOCC2)c1. The maximum Gasteiger partial charge on any atom is 0.250 e. The minimum absolute atomic E-state index is 0.0267. The summed E-state index contributed by atoms with van der Waals surface area (Å²) in [6, 6.07) is 6.38. The van der Waals surface area contributed by atoms with Crippen molar-refractivity contribution in [3.05, 3.63) is 24.3 Å². The van der Waals surface area contributed by atoms with Gasteiger partial charge < -0.3 is 14.8 Å². The lowest BCUT2D eigenvalue weighted by Crippen LogP contribution is -2.40. The molecule has 1 aromatic rings. The van der Waals surface area contributed by atoms with Gasteiger partial charge in [0, 0.05) is 18.8 Å². The molecule has 1 heterocycles. The van der Waals surface area contributed by atoms with Crippen LogP contribution in [0.5, 0.6) is 0 Å². The van der Waals surface area contributed by atoms with Crippen molar-refractivity contribution in [2.75, 3.05) is 38.2 Å². The molecule has 3 atom stereocenters. The van der Waals surface area contributed by atoms with Crippen molar-refractivity contribution in [3.8, 4) is 0 Å². The average Bonchev–Trinajstić information content (AvgIpc) is 2.73. The number of benzene rings is 1. The summed E-state index contributed by atoms with van der Waals surface area (Å²) in [5.74, 6) is 1.33. The van der Waals surface area contributed by atoms with Crippen molar-refractivity contribution in [1.29, 1.82) is 0 Å². The van der Waals surface area contributed by atoms with Crippen molar-refractivity contribution in [1.82, 2.24) is 4.31 Å². The van der Waals surface area contributed by atoms with E-state index in [0.717, 1.165) is 12.8 Å². The topological polar surface area (TPSA) is 84.9 Å². The minimum atomic E-state index is -3.60. The number of hydrogen-bond acceptors (Lipinski definition) is 5. The van der Waals surface area contributed by atoms with Crippen LogP contribution in [0, 0.1) is 17.8 Å². The largest absolute Gasteiger partial charge is 0.379 e. The van der Waals surface area contributed by atoms with Gasteiger partial charge in [-0.05, 0) is 48.8 Å². The van der Waals surface area contributed by atoms with E-state index in [0.29, 0.717) is 49.7 Å². The van der Waals surface area contributed by atoms with Crippen molar-refractivity contribution >= 4 is 21.6 Å². The molecule has 1 aromatic carbocycles. The summed E-state index contributed by atoms with van der Waals surface area (Å²) in [6.07, 6.45) is 3.41. The van der Waals surface area contributed by atoms with Crippen LogP contribution in [0.25, 0.3) is 0 Å². The molecule has 0 radical (unpaired) electrons. The zero-order valence-electron chi connectivity index (χ0n) is 18.2. The summed E-state index contributed by atoms with van der Waals surface area (Å²) in [7, 11) is -3.60. The Morgan fingerprint density at radius 3 is 2.70 bits per heavy atom. The number of morpholine rings is 1. The smallest absolute Gasteiger partial charge is 0.250 e. The molecule has 7 nitrogen and oxygen atoms in total. The van der Waals surface area contributed by atoms with E-state index in [9.17, 15) is 13.2 Å². The van der Waals surface area contributed by atoms with E-state index in [1.165, 1.54) is 16.8 Å². The molecule has 1 N–H and O–H groups in total. The molecule has 1 saturated carbocycles. The van der Waals surface area contributed by atoms with Crippen LogP contribution in [0.15, 0.2) is 29.2 Å². The Morgan fingerprint density at radius 2 is 2.00 bits per heavy atom. The number of nitrogens with one attached hydrogen (secondary N) is 1. The molecule has 1 aliphatic heterocycles. The van der Waals surface area contributed by atoms with Crippen LogP contribution in [0.1, 0.15) is 40.0 Å². The highest BCUT2D eigenvalue weighted by molar-refractivity contribution is 7.89. The van der Waals surface area contributed by atoms with Crippen molar-refractivity contribution in [2.24, 2.45) is 17.8 Å². The van der Waals surface area contributed by atoms with Gasteiger partial charge in [0.05, 0.1) is 24.2 Å². The standard InChI is InChI=1S/C22H34N2O5S/c1-16(2)20-8-7-17(3)13-21(20)29-15-22(25)23-18-5-4-6-19(14-18)30(26,27)24-9-11-28-12-10-24/h4-6,14,16-17,20-21H,7-13,15H2,1-3H3,(H,23,25)/t17-,20-,21+/m1/s1. The van der Waals surface area contributed by atoms with Crippen molar-refractivity contribution in [3.63, 3.8) is 0 Å². The van der Waals surface area contributed by atoms with Gasteiger partial charge in [0.15, 0.2) is 0 Å². The number of carbonyl (C=O) groups excluding carboxylic acids is 1. The maximum absolute atomic E-state index is 12.8. The first-order valence-electron chi connectivity index (χ1n) is 10.9. The lowest BCUT2D eigenvalue weighted by atomic mass is 9.75. The minimum Gasteiger partial charge on any atom is -0.379 e. The second kappa shape index (κ2) is 10.2. The van der Waals surface area contributed by atoms with E-state index >= 15 is 0 Å². The van der Waals surface area contributed by atoms with Crippen LogP contribution in [-0.2, 0) is 24.3 Å². The fourth-order valence-electron chi connectivity index (χ4n) is 4.36. The Labute approximate surface area is 180 Å². The van der Waals surface area contributed by atoms with E-state index < -0.39 is 10.0 Å². The van der Waals surface area contributed by atoms with Crippen molar-refractivity contribution < 1.29 is 22.7 Å². The fourth-order valence-corrected chi connectivity index (χ4v) is 5.81. The number of hydrogen-bond donors (Lipinski definition) is 1. The van der Waals surface area contributed by atoms with Gasteiger partial charge in [-0.1, -0.05) is 33.3 Å². The summed E-state index contributed by atoms with van der Waals surface area (Å²) >= 11 is 0. The van der Waals surface area contributed by atoms with Gasteiger partial charge in [-0.15, -0.1) is 0 Å². The molecular formula is C22H34N2O5S. The first kappa shape index (κ1) is 23.2. The Kier molecular flexibility index (Phi) is 7.90. The van der Waals surface area contributed by atoms with Crippen LogP contribution in [0.2, 0.25) is 0 Å². The van der Waals surface area contributed by atoms with E-state index in [4.69, 9.17) is 9.47 Å². The highest BCUT2D eigenvalue weighted by Crippen LogP contribution is 2.35. The van der Waals surface area contributed by atoms with Crippen molar-refractivity contribution in [2.45, 2.75) is 51.0 Å². The zero-order chi connectivity index (χ0) is 21.7. The molecule has 0 bridgehead atoms. The highest BCUT2D eigenvalue weighted by Gasteiger charge is 2.32. The molecule has 1 aliphatic carbocycles. The Hall–Kier alpha value is -1.48.